The second-order valence-corrected chi connectivity index (χ2v) is 5.12. The summed E-state index contributed by atoms with van der Waals surface area (Å²) < 4.78 is 5.34. The lowest BCUT2D eigenvalue weighted by atomic mass is 10.2. The van der Waals surface area contributed by atoms with E-state index in [1.54, 1.807) is 6.33 Å². The zero-order valence-corrected chi connectivity index (χ0v) is 12.4. The van der Waals surface area contributed by atoms with Gasteiger partial charge >= 0.3 is 0 Å². The van der Waals surface area contributed by atoms with Crippen LogP contribution in [0.1, 0.15) is 20.3 Å². The zero-order chi connectivity index (χ0) is 14.2. The van der Waals surface area contributed by atoms with Crippen LogP contribution >= 0.6 is 0 Å². The van der Waals surface area contributed by atoms with Gasteiger partial charge in [-0.3, -0.25) is 4.90 Å². The van der Waals surface area contributed by atoms with Gasteiger partial charge in [-0.25, -0.2) is 9.97 Å². The molecule has 0 saturated carbocycles. The minimum absolute atomic E-state index is 0.422. The van der Waals surface area contributed by atoms with Crippen LogP contribution in [0.5, 0.6) is 0 Å². The summed E-state index contributed by atoms with van der Waals surface area (Å²) in [6.07, 6.45) is 2.67. The van der Waals surface area contributed by atoms with E-state index < -0.39 is 0 Å². The molecule has 1 aromatic rings. The van der Waals surface area contributed by atoms with Gasteiger partial charge in [0, 0.05) is 38.3 Å². The lowest BCUT2D eigenvalue weighted by Crippen LogP contribution is -2.39. The van der Waals surface area contributed by atoms with Gasteiger partial charge in [-0.1, -0.05) is 6.92 Å². The van der Waals surface area contributed by atoms with Crippen molar-refractivity contribution in [2.75, 3.05) is 50.0 Å². The first kappa shape index (κ1) is 15.0. The van der Waals surface area contributed by atoms with Crippen LogP contribution in [-0.2, 0) is 4.74 Å². The minimum Gasteiger partial charge on any atom is -0.379 e. The van der Waals surface area contributed by atoms with Crippen molar-refractivity contribution in [3.63, 3.8) is 0 Å². The van der Waals surface area contributed by atoms with Crippen LogP contribution in [0.2, 0.25) is 0 Å². The van der Waals surface area contributed by atoms with Crippen LogP contribution in [0, 0.1) is 0 Å². The number of nitrogens with one attached hydrogen (secondary N) is 2. The van der Waals surface area contributed by atoms with E-state index in [0.717, 1.165) is 57.4 Å². The van der Waals surface area contributed by atoms with Crippen molar-refractivity contribution in [1.29, 1.82) is 0 Å². The molecule has 6 nitrogen and oxygen atoms in total. The Morgan fingerprint density at radius 1 is 1.30 bits per heavy atom. The summed E-state index contributed by atoms with van der Waals surface area (Å²) in [5.41, 5.74) is 0. The fraction of sp³-hybridized carbons (Fsp3) is 0.714. The summed E-state index contributed by atoms with van der Waals surface area (Å²) in [4.78, 5) is 10.9. The Morgan fingerprint density at radius 2 is 2.05 bits per heavy atom. The highest BCUT2D eigenvalue weighted by Crippen LogP contribution is 2.10. The number of morpholine rings is 1. The monoisotopic (exact) mass is 279 g/mol. The van der Waals surface area contributed by atoms with E-state index in [0.29, 0.717) is 6.04 Å². The Hall–Kier alpha value is -1.40. The Balaban J connectivity index is 1.75. The van der Waals surface area contributed by atoms with Gasteiger partial charge in [0.05, 0.1) is 13.2 Å². The van der Waals surface area contributed by atoms with Crippen molar-refractivity contribution < 1.29 is 4.74 Å². The van der Waals surface area contributed by atoms with Crippen molar-refractivity contribution in [3.8, 4) is 0 Å². The molecule has 6 heteroatoms. The molecule has 0 aliphatic carbocycles. The molecule has 1 saturated heterocycles. The average molecular weight is 279 g/mol. The van der Waals surface area contributed by atoms with Crippen LogP contribution in [0.25, 0.3) is 0 Å². The molecule has 1 unspecified atom stereocenters. The van der Waals surface area contributed by atoms with Crippen LogP contribution < -0.4 is 10.6 Å². The van der Waals surface area contributed by atoms with E-state index in [2.05, 4.69) is 39.3 Å². The van der Waals surface area contributed by atoms with Crippen molar-refractivity contribution in [2.45, 2.75) is 26.3 Å². The largest absolute Gasteiger partial charge is 0.379 e. The standard InChI is InChI=1S/C14H25N5O/c1-3-12(2)18-14-10-13(16-11-17-14)15-4-5-19-6-8-20-9-7-19/h10-12H,3-9H2,1-2H3,(H2,15,16,17,18). The Bertz CT molecular complexity index is 395. The molecule has 0 amide bonds. The third-order valence-corrected chi connectivity index (χ3v) is 3.51. The quantitative estimate of drug-likeness (QED) is 0.787. The second kappa shape index (κ2) is 8.01. The highest BCUT2D eigenvalue weighted by molar-refractivity contribution is 5.46. The summed E-state index contributed by atoms with van der Waals surface area (Å²) >= 11 is 0. The van der Waals surface area contributed by atoms with Crippen LogP contribution in [0.3, 0.4) is 0 Å². The van der Waals surface area contributed by atoms with Gasteiger partial charge in [0.2, 0.25) is 0 Å². The van der Waals surface area contributed by atoms with E-state index in [1.807, 2.05) is 6.07 Å². The summed E-state index contributed by atoms with van der Waals surface area (Å²) in [7, 11) is 0. The number of hydrogen-bond donors (Lipinski definition) is 2. The zero-order valence-electron chi connectivity index (χ0n) is 12.4. The molecule has 0 bridgehead atoms. The van der Waals surface area contributed by atoms with Crippen molar-refractivity contribution in [1.82, 2.24) is 14.9 Å². The number of rotatable bonds is 7. The van der Waals surface area contributed by atoms with Crippen LogP contribution in [-0.4, -0.2) is 60.3 Å². The topological polar surface area (TPSA) is 62.3 Å². The number of ether oxygens (including phenoxy) is 1. The van der Waals surface area contributed by atoms with Crippen molar-refractivity contribution in [2.24, 2.45) is 0 Å². The molecule has 112 valence electrons. The van der Waals surface area contributed by atoms with E-state index in [4.69, 9.17) is 4.74 Å². The normalized spacial score (nSPS) is 17.7. The van der Waals surface area contributed by atoms with Gasteiger partial charge in [0.25, 0.3) is 0 Å². The van der Waals surface area contributed by atoms with Crippen LogP contribution in [0.4, 0.5) is 11.6 Å². The van der Waals surface area contributed by atoms with Gasteiger partial charge < -0.3 is 15.4 Å². The molecule has 20 heavy (non-hydrogen) atoms. The van der Waals surface area contributed by atoms with Crippen molar-refractivity contribution in [3.05, 3.63) is 12.4 Å². The van der Waals surface area contributed by atoms with E-state index in [1.165, 1.54) is 0 Å². The molecule has 1 aliphatic rings. The number of nitrogens with zero attached hydrogens (tertiary/aromatic N) is 3. The molecule has 1 aliphatic heterocycles. The summed E-state index contributed by atoms with van der Waals surface area (Å²) in [6.45, 7) is 9.93. The molecule has 0 spiro atoms. The van der Waals surface area contributed by atoms with E-state index in [9.17, 15) is 0 Å². The second-order valence-electron chi connectivity index (χ2n) is 5.12. The first-order valence-electron chi connectivity index (χ1n) is 7.40. The molecule has 0 radical (unpaired) electrons. The molecule has 2 rings (SSSR count). The first-order valence-corrected chi connectivity index (χ1v) is 7.40. The molecule has 0 aromatic carbocycles. The molecular weight excluding hydrogens is 254 g/mol. The Labute approximate surface area is 120 Å². The fourth-order valence-electron chi connectivity index (χ4n) is 2.05. The van der Waals surface area contributed by atoms with Gasteiger partial charge in [-0.05, 0) is 13.3 Å². The molecule has 1 aromatic heterocycles. The molecule has 1 fully saturated rings. The average Bonchev–Trinajstić information content (AvgIpc) is 2.48. The maximum atomic E-state index is 5.34. The third kappa shape index (κ3) is 4.94. The van der Waals surface area contributed by atoms with Crippen molar-refractivity contribution >= 4 is 11.6 Å². The van der Waals surface area contributed by atoms with Gasteiger partial charge in [-0.2, -0.15) is 0 Å². The maximum Gasteiger partial charge on any atom is 0.131 e. The SMILES string of the molecule is CCC(C)Nc1cc(NCCN2CCOCC2)ncn1. The highest BCUT2D eigenvalue weighted by atomic mass is 16.5. The molecule has 2 N–H and O–H groups in total. The van der Waals surface area contributed by atoms with Crippen LogP contribution in [0.15, 0.2) is 12.4 Å². The van der Waals surface area contributed by atoms with E-state index in [-0.39, 0.29) is 0 Å². The molecule has 2 heterocycles. The van der Waals surface area contributed by atoms with Gasteiger partial charge in [0.1, 0.15) is 18.0 Å². The van der Waals surface area contributed by atoms with Gasteiger partial charge in [-0.15, -0.1) is 0 Å². The molecular formula is C14H25N5O. The first-order chi connectivity index (χ1) is 9.78. The maximum absolute atomic E-state index is 5.34. The lowest BCUT2D eigenvalue weighted by molar-refractivity contribution is 0.0398. The van der Waals surface area contributed by atoms with Gasteiger partial charge in [0.15, 0.2) is 0 Å². The number of hydrogen-bond acceptors (Lipinski definition) is 6. The third-order valence-electron chi connectivity index (χ3n) is 3.51. The smallest absolute Gasteiger partial charge is 0.131 e. The predicted octanol–water partition coefficient (Wildman–Crippen LogP) is 1.43. The lowest BCUT2D eigenvalue weighted by Gasteiger charge is -2.26. The summed E-state index contributed by atoms with van der Waals surface area (Å²) in [5, 5.41) is 6.70. The number of aromatic nitrogens is 2. The minimum atomic E-state index is 0.422. The highest BCUT2D eigenvalue weighted by Gasteiger charge is 2.09. The Kier molecular flexibility index (Phi) is 6.01. The fourth-order valence-corrected chi connectivity index (χ4v) is 2.05. The summed E-state index contributed by atoms with van der Waals surface area (Å²) in [6, 6.07) is 2.39. The molecule has 1 atom stereocenters. The Morgan fingerprint density at radius 3 is 2.80 bits per heavy atom. The predicted molar refractivity (Wildman–Crippen MR) is 81.2 cm³/mol. The summed E-state index contributed by atoms with van der Waals surface area (Å²) in [5.74, 6) is 1.75. The van der Waals surface area contributed by atoms with E-state index >= 15 is 0 Å². The number of anilines is 2.